The van der Waals surface area contributed by atoms with E-state index in [4.69, 9.17) is 4.74 Å². The number of aryl methyl sites for hydroxylation is 2. The number of hydrogen-bond acceptors (Lipinski definition) is 4. The molecule has 1 aromatic carbocycles. The summed E-state index contributed by atoms with van der Waals surface area (Å²) < 4.78 is 6.25. The number of thiophene rings is 1. The lowest BCUT2D eigenvalue weighted by Gasteiger charge is -2.13. The molecule has 0 saturated carbocycles. The van der Waals surface area contributed by atoms with Gasteiger partial charge in [0.1, 0.15) is 4.88 Å². The van der Waals surface area contributed by atoms with Gasteiger partial charge in [0, 0.05) is 15.0 Å². The summed E-state index contributed by atoms with van der Waals surface area (Å²) in [5.74, 6) is -0.764. The number of carbonyl (C=O) groups is 2. The Kier molecular flexibility index (Phi) is 5.36. The fraction of sp³-hybridized carbons (Fsp3) is 0.333. The van der Waals surface area contributed by atoms with Crippen molar-refractivity contribution in [3.8, 4) is 0 Å². The second-order valence-corrected chi connectivity index (χ2v) is 7.86. The van der Waals surface area contributed by atoms with E-state index < -0.39 is 12.1 Å². The van der Waals surface area contributed by atoms with Gasteiger partial charge in [-0.25, -0.2) is 4.79 Å². The molecule has 1 amide bonds. The van der Waals surface area contributed by atoms with E-state index in [0.29, 0.717) is 10.6 Å². The number of fused-ring (bicyclic) bond motifs is 1. The lowest BCUT2D eigenvalue weighted by atomic mass is 9.99. The van der Waals surface area contributed by atoms with Crippen LogP contribution in [-0.4, -0.2) is 18.0 Å². The molecule has 0 fully saturated rings. The van der Waals surface area contributed by atoms with Gasteiger partial charge in [-0.1, -0.05) is 15.9 Å². The highest BCUT2D eigenvalue weighted by Gasteiger charge is 2.22. The predicted molar refractivity (Wildman–Crippen MR) is 98.6 cm³/mol. The smallest absolute Gasteiger partial charge is 0.349 e. The first-order chi connectivity index (χ1) is 11.5. The Morgan fingerprint density at radius 3 is 2.62 bits per heavy atom. The number of hydrogen-bond donors (Lipinski definition) is 1. The fourth-order valence-electron chi connectivity index (χ4n) is 2.64. The van der Waals surface area contributed by atoms with Crippen molar-refractivity contribution in [2.45, 2.75) is 38.7 Å². The minimum Gasteiger partial charge on any atom is -0.448 e. The molecule has 1 unspecified atom stereocenters. The molecule has 1 aliphatic carbocycles. The van der Waals surface area contributed by atoms with Gasteiger partial charge in [-0.15, -0.1) is 11.3 Å². The van der Waals surface area contributed by atoms with Crippen LogP contribution in [-0.2, 0) is 22.4 Å². The van der Waals surface area contributed by atoms with Gasteiger partial charge in [0.2, 0.25) is 0 Å². The summed E-state index contributed by atoms with van der Waals surface area (Å²) in [5.41, 5.74) is 1.92. The Balaban J connectivity index is 1.60. The molecule has 126 valence electrons. The number of esters is 1. The molecular formula is C18H18BrNO3S. The highest BCUT2D eigenvalue weighted by molar-refractivity contribution is 9.10. The maximum atomic E-state index is 12.3. The maximum Gasteiger partial charge on any atom is 0.349 e. The van der Waals surface area contributed by atoms with Crippen LogP contribution in [0, 0.1) is 0 Å². The van der Waals surface area contributed by atoms with E-state index in [1.54, 1.807) is 19.1 Å². The van der Waals surface area contributed by atoms with Crippen molar-refractivity contribution in [3.63, 3.8) is 0 Å². The number of rotatable bonds is 4. The molecule has 0 bridgehead atoms. The second-order valence-electron chi connectivity index (χ2n) is 5.81. The van der Waals surface area contributed by atoms with Gasteiger partial charge in [-0.2, -0.15) is 0 Å². The summed E-state index contributed by atoms with van der Waals surface area (Å²) in [6.45, 7) is 1.58. The number of anilines is 1. The van der Waals surface area contributed by atoms with Gasteiger partial charge < -0.3 is 10.1 Å². The first-order valence-corrected chi connectivity index (χ1v) is 9.53. The van der Waals surface area contributed by atoms with E-state index in [9.17, 15) is 9.59 Å². The molecular weight excluding hydrogens is 390 g/mol. The molecule has 3 rings (SSSR count). The summed E-state index contributed by atoms with van der Waals surface area (Å²) >= 11 is 4.83. The normalized spacial score (nSPS) is 14.6. The minimum atomic E-state index is -0.847. The van der Waals surface area contributed by atoms with Crippen molar-refractivity contribution in [2.24, 2.45) is 0 Å². The Hall–Kier alpha value is -1.66. The van der Waals surface area contributed by atoms with Crippen LogP contribution in [0.2, 0.25) is 0 Å². The van der Waals surface area contributed by atoms with Crippen molar-refractivity contribution in [2.75, 3.05) is 5.32 Å². The van der Waals surface area contributed by atoms with Crippen LogP contribution in [0.4, 0.5) is 5.69 Å². The van der Waals surface area contributed by atoms with Crippen molar-refractivity contribution in [1.82, 2.24) is 0 Å². The van der Waals surface area contributed by atoms with Crippen LogP contribution in [0.1, 0.15) is 39.9 Å². The highest BCUT2D eigenvalue weighted by atomic mass is 79.9. The van der Waals surface area contributed by atoms with Gasteiger partial charge >= 0.3 is 5.97 Å². The molecule has 0 radical (unpaired) electrons. The second kappa shape index (κ2) is 7.49. The zero-order valence-electron chi connectivity index (χ0n) is 13.3. The Morgan fingerprint density at radius 2 is 1.92 bits per heavy atom. The van der Waals surface area contributed by atoms with Crippen molar-refractivity contribution in [3.05, 3.63) is 50.1 Å². The van der Waals surface area contributed by atoms with Crippen LogP contribution in [0.5, 0.6) is 0 Å². The topological polar surface area (TPSA) is 55.4 Å². The molecule has 24 heavy (non-hydrogen) atoms. The van der Waals surface area contributed by atoms with Crippen molar-refractivity contribution < 1.29 is 14.3 Å². The molecule has 2 aromatic rings. The minimum absolute atomic E-state index is 0.341. The van der Waals surface area contributed by atoms with Gasteiger partial charge in [0.15, 0.2) is 6.10 Å². The molecule has 1 heterocycles. The van der Waals surface area contributed by atoms with Crippen LogP contribution in [0.3, 0.4) is 0 Å². The van der Waals surface area contributed by atoms with Gasteiger partial charge in [0.25, 0.3) is 5.91 Å². The van der Waals surface area contributed by atoms with E-state index in [0.717, 1.165) is 17.3 Å². The van der Waals surface area contributed by atoms with E-state index >= 15 is 0 Å². The van der Waals surface area contributed by atoms with Gasteiger partial charge in [0.05, 0.1) is 0 Å². The highest BCUT2D eigenvalue weighted by Crippen LogP contribution is 2.30. The monoisotopic (exact) mass is 407 g/mol. The average Bonchev–Trinajstić information content (AvgIpc) is 3.01. The number of ether oxygens (including phenoxy) is 1. The molecule has 0 saturated heterocycles. The fourth-order valence-corrected chi connectivity index (χ4v) is 4.04. The van der Waals surface area contributed by atoms with Crippen LogP contribution in [0.25, 0.3) is 0 Å². The third kappa shape index (κ3) is 4.05. The number of carbonyl (C=O) groups excluding carboxylic acids is 2. The molecule has 0 spiro atoms. The first kappa shape index (κ1) is 17.2. The zero-order valence-corrected chi connectivity index (χ0v) is 15.7. The van der Waals surface area contributed by atoms with Crippen molar-refractivity contribution >= 4 is 44.8 Å². The van der Waals surface area contributed by atoms with Crippen LogP contribution < -0.4 is 5.32 Å². The molecule has 6 heteroatoms. The van der Waals surface area contributed by atoms with Crippen molar-refractivity contribution in [1.29, 1.82) is 0 Å². The van der Waals surface area contributed by atoms with E-state index in [1.807, 2.05) is 18.2 Å². The summed E-state index contributed by atoms with van der Waals surface area (Å²) in [4.78, 5) is 26.3. The predicted octanol–water partition coefficient (Wildman–Crippen LogP) is 4.57. The molecule has 1 aromatic heterocycles. The Bertz CT molecular complexity index is 731. The molecule has 1 atom stereocenters. The lowest BCUT2D eigenvalue weighted by Crippen LogP contribution is -2.29. The SMILES string of the molecule is CC(OC(=O)c1cc2c(s1)CCCC2)C(=O)Nc1ccc(Br)cc1. The van der Waals surface area contributed by atoms with Crippen LogP contribution in [0.15, 0.2) is 34.8 Å². The molecule has 1 aliphatic rings. The quantitative estimate of drug-likeness (QED) is 0.754. The number of halogens is 1. The van der Waals surface area contributed by atoms with Gasteiger partial charge in [-0.3, -0.25) is 4.79 Å². The average molecular weight is 408 g/mol. The molecule has 1 N–H and O–H groups in total. The summed E-state index contributed by atoms with van der Waals surface area (Å²) in [6, 6.07) is 9.15. The standard InChI is InChI=1S/C18H18BrNO3S/c1-11(17(21)20-14-8-6-13(19)7-9-14)23-18(22)16-10-12-4-2-3-5-15(12)24-16/h6-11H,2-5H2,1H3,(H,20,21). The van der Waals surface area contributed by atoms with E-state index in [2.05, 4.69) is 21.2 Å². The number of benzene rings is 1. The zero-order chi connectivity index (χ0) is 17.1. The summed E-state index contributed by atoms with van der Waals surface area (Å²) in [6.07, 6.45) is 3.56. The van der Waals surface area contributed by atoms with Gasteiger partial charge in [-0.05, 0) is 68.5 Å². The summed E-state index contributed by atoms with van der Waals surface area (Å²) in [5, 5.41) is 2.74. The Labute approximate surface area is 153 Å². The third-order valence-corrected chi connectivity index (χ3v) is 5.71. The number of amides is 1. The molecule has 4 nitrogen and oxygen atoms in total. The summed E-state index contributed by atoms with van der Waals surface area (Å²) in [7, 11) is 0. The molecule has 0 aliphatic heterocycles. The first-order valence-electron chi connectivity index (χ1n) is 7.92. The maximum absolute atomic E-state index is 12.3. The lowest BCUT2D eigenvalue weighted by molar-refractivity contribution is -0.123. The Morgan fingerprint density at radius 1 is 1.21 bits per heavy atom. The number of nitrogens with one attached hydrogen (secondary N) is 1. The van der Waals surface area contributed by atoms with Crippen LogP contribution >= 0.6 is 27.3 Å². The van der Waals surface area contributed by atoms with E-state index in [1.165, 1.54) is 34.6 Å². The van der Waals surface area contributed by atoms with E-state index in [-0.39, 0.29) is 5.91 Å². The largest absolute Gasteiger partial charge is 0.448 e. The third-order valence-electron chi connectivity index (χ3n) is 3.96.